The summed E-state index contributed by atoms with van der Waals surface area (Å²) in [7, 11) is 0. The summed E-state index contributed by atoms with van der Waals surface area (Å²) in [6.45, 7) is 0. The fourth-order valence-corrected chi connectivity index (χ4v) is 4.25. The molecule has 0 heterocycles. The number of benzene rings is 3. The second-order valence-corrected chi connectivity index (χ2v) is 7.97. The number of ether oxygens (including phenoxy) is 1. The number of para-hydroxylation sites is 1. The molecule has 0 radical (unpaired) electrons. The zero-order valence-electron chi connectivity index (χ0n) is 15.2. The smallest absolute Gasteiger partial charge is 0.248 e. The summed E-state index contributed by atoms with van der Waals surface area (Å²) in [5.41, 5.74) is 2.61. The Bertz CT molecular complexity index is 872. The Morgan fingerprint density at radius 1 is 0.929 bits per heavy atom. The summed E-state index contributed by atoms with van der Waals surface area (Å²) in [6.07, 6.45) is 0.420. The van der Waals surface area contributed by atoms with Crippen LogP contribution in [-0.2, 0) is 22.4 Å². The minimum absolute atomic E-state index is 0.0414. The highest BCUT2D eigenvalue weighted by atomic mass is 32.2. The second-order valence-electron chi connectivity index (χ2n) is 6.23. The molecule has 5 nitrogen and oxygen atoms in total. The zero-order chi connectivity index (χ0) is 19.8. The molecule has 2 atom stereocenters. The lowest BCUT2D eigenvalue weighted by molar-refractivity contribution is -0.129. The molecule has 144 valence electrons. The van der Waals surface area contributed by atoms with Gasteiger partial charge in [-0.05, 0) is 53.1 Å². The Balaban J connectivity index is 1.73. The van der Waals surface area contributed by atoms with Crippen molar-refractivity contribution in [2.75, 3.05) is 0 Å². The van der Waals surface area contributed by atoms with Crippen LogP contribution < -0.4 is 10.2 Å². The summed E-state index contributed by atoms with van der Waals surface area (Å²) < 4.78 is 18.8. The number of carbonyl (C=O) groups is 1. The van der Waals surface area contributed by atoms with Crippen LogP contribution in [0.3, 0.4) is 0 Å². The summed E-state index contributed by atoms with van der Waals surface area (Å²) in [5, 5.41) is 8.40. The van der Waals surface area contributed by atoms with Crippen LogP contribution in [0.2, 0.25) is 0 Å². The van der Waals surface area contributed by atoms with E-state index in [0.29, 0.717) is 17.1 Å². The predicted molar refractivity (Wildman–Crippen MR) is 108 cm³/mol. The second kappa shape index (κ2) is 9.94. The van der Waals surface area contributed by atoms with Crippen molar-refractivity contribution in [3.05, 3.63) is 90.5 Å². The lowest BCUT2D eigenvalue weighted by atomic mass is 10.1. The maximum Gasteiger partial charge on any atom is 0.248 e. The fourth-order valence-electron chi connectivity index (χ4n) is 2.81. The first-order valence-corrected chi connectivity index (χ1v) is 10.1. The van der Waals surface area contributed by atoms with Crippen LogP contribution in [0.5, 0.6) is 11.5 Å². The van der Waals surface area contributed by atoms with E-state index >= 15 is 0 Å². The van der Waals surface area contributed by atoms with Crippen LogP contribution in [0, 0.1) is 0 Å². The van der Waals surface area contributed by atoms with E-state index in [4.69, 9.17) is 9.94 Å². The Morgan fingerprint density at radius 2 is 1.50 bits per heavy atom. The van der Waals surface area contributed by atoms with Crippen molar-refractivity contribution in [2.24, 2.45) is 0 Å². The van der Waals surface area contributed by atoms with Gasteiger partial charge in [0.25, 0.3) is 0 Å². The summed E-state index contributed by atoms with van der Waals surface area (Å²) >= 11 is -1.43. The van der Waals surface area contributed by atoms with Gasteiger partial charge >= 0.3 is 0 Å². The molecule has 6 heteroatoms. The normalized spacial score (nSPS) is 12.8. The van der Waals surface area contributed by atoms with E-state index in [2.05, 4.69) is 0 Å². The van der Waals surface area contributed by atoms with Gasteiger partial charge in [0.05, 0.1) is 6.42 Å². The van der Waals surface area contributed by atoms with Crippen molar-refractivity contribution >= 4 is 17.1 Å². The average molecular weight is 395 g/mol. The van der Waals surface area contributed by atoms with Gasteiger partial charge in [0.15, 0.2) is 4.90 Å². The molecule has 0 spiro atoms. The number of rotatable bonds is 8. The lowest BCUT2D eigenvalue weighted by Crippen LogP contribution is -2.31. The van der Waals surface area contributed by atoms with Gasteiger partial charge in [-0.15, -0.1) is 0 Å². The van der Waals surface area contributed by atoms with Gasteiger partial charge in [-0.1, -0.05) is 48.5 Å². The molecule has 3 aromatic carbocycles. The number of carbonyl (C=O) groups excluding carboxylic acids is 1. The van der Waals surface area contributed by atoms with E-state index in [1.807, 2.05) is 60.7 Å². The van der Waals surface area contributed by atoms with Crippen molar-refractivity contribution < 1.29 is 19.3 Å². The third-order valence-electron chi connectivity index (χ3n) is 4.18. The van der Waals surface area contributed by atoms with Gasteiger partial charge < -0.3 is 9.29 Å². The van der Waals surface area contributed by atoms with Crippen molar-refractivity contribution in [3.8, 4) is 11.5 Å². The maximum atomic E-state index is 13.1. The summed E-state index contributed by atoms with van der Waals surface area (Å²) in [6, 6.07) is 26.0. The molecule has 1 amide bonds. The molecular formula is C22H21NO4S. The SMILES string of the molecule is O=C(CC(Cc1ccccc1)[S+]([O-])c1ccc(Oc2ccccc2)cc1)NO. The Labute approximate surface area is 167 Å². The molecule has 0 aliphatic carbocycles. The first-order valence-electron chi connectivity index (χ1n) is 8.86. The molecule has 0 fully saturated rings. The number of nitrogens with one attached hydrogen (secondary N) is 1. The van der Waals surface area contributed by atoms with Gasteiger partial charge in [0.2, 0.25) is 5.91 Å². The van der Waals surface area contributed by atoms with E-state index in [-0.39, 0.29) is 6.42 Å². The number of hydrogen-bond acceptors (Lipinski definition) is 4. The minimum Gasteiger partial charge on any atom is -0.611 e. The molecule has 0 saturated heterocycles. The highest BCUT2D eigenvalue weighted by Crippen LogP contribution is 2.26. The van der Waals surface area contributed by atoms with Gasteiger partial charge in [-0.3, -0.25) is 10.0 Å². The van der Waals surface area contributed by atoms with Crippen LogP contribution in [0.4, 0.5) is 0 Å². The highest BCUT2D eigenvalue weighted by molar-refractivity contribution is 7.92. The van der Waals surface area contributed by atoms with Crippen LogP contribution in [0.1, 0.15) is 12.0 Å². The molecule has 0 aromatic heterocycles. The highest BCUT2D eigenvalue weighted by Gasteiger charge is 2.28. The first-order chi connectivity index (χ1) is 13.7. The molecule has 28 heavy (non-hydrogen) atoms. The molecule has 2 unspecified atom stereocenters. The Kier molecular flexibility index (Phi) is 7.08. The molecule has 0 bridgehead atoms. The van der Waals surface area contributed by atoms with E-state index in [0.717, 1.165) is 11.3 Å². The lowest BCUT2D eigenvalue weighted by Gasteiger charge is -2.21. The predicted octanol–water partition coefficient (Wildman–Crippen LogP) is 4.09. The molecule has 0 aliphatic heterocycles. The zero-order valence-corrected chi connectivity index (χ0v) is 16.0. The molecule has 3 rings (SSSR count). The monoisotopic (exact) mass is 395 g/mol. The Hall–Kier alpha value is -2.80. The molecule has 0 saturated carbocycles. The largest absolute Gasteiger partial charge is 0.611 e. The van der Waals surface area contributed by atoms with E-state index in [9.17, 15) is 9.35 Å². The standard InChI is InChI=1S/C22H21NO4S/c24-22(23-25)16-21(15-17-7-3-1-4-8-17)28(26)20-13-11-19(12-14-20)27-18-9-5-2-6-10-18/h1-14,21,25H,15-16H2,(H,23,24). The van der Waals surface area contributed by atoms with E-state index < -0.39 is 22.3 Å². The third-order valence-corrected chi connectivity index (χ3v) is 5.86. The van der Waals surface area contributed by atoms with Crippen molar-refractivity contribution in [1.29, 1.82) is 0 Å². The fraction of sp³-hybridized carbons (Fsp3) is 0.136. The van der Waals surface area contributed by atoms with Crippen LogP contribution in [0.25, 0.3) is 0 Å². The average Bonchev–Trinajstić information content (AvgIpc) is 2.74. The van der Waals surface area contributed by atoms with Crippen LogP contribution >= 0.6 is 0 Å². The number of hydrogen-bond donors (Lipinski definition) is 2. The summed E-state index contributed by atoms with van der Waals surface area (Å²) in [5.74, 6) is 0.802. The molecular weight excluding hydrogens is 374 g/mol. The van der Waals surface area contributed by atoms with Gasteiger partial charge in [0.1, 0.15) is 16.7 Å². The van der Waals surface area contributed by atoms with Crippen LogP contribution in [0.15, 0.2) is 89.8 Å². The third kappa shape index (κ3) is 5.60. The van der Waals surface area contributed by atoms with Crippen molar-refractivity contribution in [3.63, 3.8) is 0 Å². The quantitative estimate of drug-likeness (QED) is 0.342. The minimum atomic E-state index is -1.43. The van der Waals surface area contributed by atoms with Gasteiger partial charge in [-0.25, -0.2) is 5.48 Å². The van der Waals surface area contributed by atoms with Gasteiger partial charge in [0, 0.05) is 6.42 Å². The maximum absolute atomic E-state index is 13.1. The van der Waals surface area contributed by atoms with E-state index in [1.54, 1.807) is 29.7 Å². The van der Waals surface area contributed by atoms with Crippen molar-refractivity contribution in [1.82, 2.24) is 5.48 Å². The topological polar surface area (TPSA) is 81.6 Å². The van der Waals surface area contributed by atoms with Gasteiger partial charge in [-0.2, -0.15) is 0 Å². The Morgan fingerprint density at radius 3 is 2.11 bits per heavy atom. The van der Waals surface area contributed by atoms with E-state index in [1.165, 1.54) is 0 Å². The van der Waals surface area contributed by atoms with Crippen molar-refractivity contribution in [2.45, 2.75) is 23.0 Å². The summed E-state index contributed by atoms with van der Waals surface area (Å²) in [4.78, 5) is 12.3. The molecule has 2 N–H and O–H groups in total. The number of hydroxylamine groups is 1. The number of amides is 1. The molecule has 0 aliphatic rings. The van der Waals surface area contributed by atoms with Crippen LogP contribution in [-0.4, -0.2) is 20.9 Å². The molecule has 3 aromatic rings. The first kappa shape index (κ1) is 19.9.